The molecule has 7 heteroatoms. The summed E-state index contributed by atoms with van der Waals surface area (Å²) in [7, 11) is -3.68. The van der Waals surface area contributed by atoms with E-state index in [1.807, 2.05) is 0 Å². The van der Waals surface area contributed by atoms with Crippen LogP contribution >= 0.6 is 23.2 Å². The van der Waals surface area contributed by atoms with Crippen molar-refractivity contribution in [3.8, 4) is 0 Å². The number of hydrogen-bond acceptors (Lipinski definition) is 3. The van der Waals surface area contributed by atoms with Crippen LogP contribution in [0.2, 0.25) is 10.0 Å². The van der Waals surface area contributed by atoms with E-state index in [2.05, 4.69) is 4.72 Å². The number of nitrogens with one attached hydrogen (secondary N) is 1. The normalized spacial score (nSPS) is 13.7. The lowest BCUT2D eigenvalue weighted by molar-refractivity contribution is 0.198. The SMILES string of the molecule is Cc1cc(Cl)c(Cl)cc1S(=O)(=O)NCC(C)O. The van der Waals surface area contributed by atoms with Crippen LogP contribution < -0.4 is 4.72 Å². The van der Waals surface area contributed by atoms with Crippen LogP contribution in [0.1, 0.15) is 12.5 Å². The largest absolute Gasteiger partial charge is 0.392 e. The van der Waals surface area contributed by atoms with Gasteiger partial charge in [-0.2, -0.15) is 0 Å². The van der Waals surface area contributed by atoms with Crippen molar-refractivity contribution in [3.63, 3.8) is 0 Å². The molecule has 1 atom stereocenters. The van der Waals surface area contributed by atoms with Gasteiger partial charge in [-0.25, -0.2) is 13.1 Å². The molecule has 0 amide bonds. The smallest absolute Gasteiger partial charge is 0.240 e. The fraction of sp³-hybridized carbons (Fsp3) is 0.400. The van der Waals surface area contributed by atoms with Gasteiger partial charge in [0.1, 0.15) is 0 Å². The molecule has 0 aliphatic heterocycles. The molecule has 1 aromatic carbocycles. The Labute approximate surface area is 111 Å². The number of aryl methyl sites for hydroxylation is 1. The van der Waals surface area contributed by atoms with Crippen LogP contribution in [0.3, 0.4) is 0 Å². The summed E-state index contributed by atoms with van der Waals surface area (Å²) in [5, 5.41) is 9.54. The van der Waals surface area contributed by atoms with Gasteiger partial charge in [-0.15, -0.1) is 0 Å². The molecule has 0 saturated carbocycles. The van der Waals surface area contributed by atoms with E-state index in [4.69, 9.17) is 28.3 Å². The highest BCUT2D eigenvalue weighted by molar-refractivity contribution is 7.89. The molecule has 0 heterocycles. The standard InChI is InChI=1S/C10H13Cl2NO3S/c1-6-3-8(11)9(12)4-10(6)17(15,16)13-5-7(2)14/h3-4,7,13-14H,5H2,1-2H3. The van der Waals surface area contributed by atoms with Crippen LogP contribution in [0.15, 0.2) is 17.0 Å². The summed E-state index contributed by atoms with van der Waals surface area (Å²) in [6.45, 7) is 3.06. The summed E-state index contributed by atoms with van der Waals surface area (Å²) < 4.78 is 26.1. The molecule has 0 fully saturated rings. The van der Waals surface area contributed by atoms with Gasteiger partial charge in [0.05, 0.1) is 21.0 Å². The van der Waals surface area contributed by atoms with Crippen molar-refractivity contribution in [2.24, 2.45) is 0 Å². The zero-order chi connectivity index (χ0) is 13.2. The van der Waals surface area contributed by atoms with Crippen LogP contribution in [-0.4, -0.2) is 26.2 Å². The minimum Gasteiger partial charge on any atom is -0.392 e. The number of aliphatic hydroxyl groups is 1. The third-order valence-electron chi connectivity index (χ3n) is 2.08. The number of hydrogen-bond donors (Lipinski definition) is 2. The predicted octanol–water partition coefficient (Wildman–Crippen LogP) is 1.96. The Balaban J connectivity index is 3.11. The maximum absolute atomic E-state index is 11.9. The molecule has 1 aromatic rings. The van der Waals surface area contributed by atoms with Crippen LogP contribution in [0, 0.1) is 6.92 Å². The first-order chi connectivity index (χ1) is 7.74. The van der Waals surface area contributed by atoms with Gasteiger partial charge in [0.15, 0.2) is 0 Å². The predicted molar refractivity (Wildman–Crippen MR) is 68.1 cm³/mol. The Bertz CT molecular complexity index is 515. The fourth-order valence-corrected chi connectivity index (χ4v) is 3.04. The molecular weight excluding hydrogens is 285 g/mol. The summed E-state index contributed by atoms with van der Waals surface area (Å²) in [5.41, 5.74) is 0.498. The Morgan fingerprint density at radius 3 is 2.41 bits per heavy atom. The molecule has 0 aliphatic rings. The summed E-state index contributed by atoms with van der Waals surface area (Å²) in [5.74, 6) is 0. The number of aliphatic hydroxyl groups excluding tert-OH is 1. The maximum atomic E-state index is 11.9. The second-order valence-electron chi connectivity index (χ2n) is 3.73. The highest BCUT2D eigenvalue weighted by atomic mass is 35.5. The Morgan fingerprint density at radius 2 is 1.88 bits per heavy atom. The molecule has 2 N–H and O–H groups in total. The van der Waals surface area contributed by atoms with Crippen molar-refractivity contribution < 1.29 is 13.5 Å². The lowest BCUT2D eigenvalue weighted by Crippen LogP contribution is -2.31. The second kappa shape index (κ2) is 5.54. The van der Waals surface area contributed by atoms with Gasteiger partial charge in [-0.3, -0.25) is 0 Å². The molecule has 0 radical (unpaired) electrons. The summed E-state index contributed by atoms with van der Waals surface area (Å²) in [6.07, 6.45) is -0.757. The van der Waals surface area contributed by atoms with Crippen molar-refractivity contribution in [2.45, 2.75) is 24.8 Å². The third kappa shape index (κ3) is 3.82. The van der Waals surface area contributed by atoms with Gasteiger partial charge in [-0.1, -0.05) is 23.2 Å². The zero-order valence-corrected chi connectivity index (χ0v) is 11.7. The zero-order valence-electron chi connectivity index (χ0n) is 9.37. The lowest BCUT2D eigenvalue weighted by atomic mass is 10.2. The first-order valence-electron chi connectivity index (χ1n) is 4.87. The topological polar surface area (TPSA) is 66.4 Å². The Morgan fingerprint density at radius 1 is 1.35 bits per heavy atom. The van der Waals surface area contributed by atoms with E-state index < -0.39 is 16.1 Å². The molecule has 0 saturated heterocycles. The van der Waals surface area contributed by atoms with Crippen LogP contribution in [-0.2, 0) is 10.0 Å². The highest BCUT2D eigenvalue weighted by Crippen LogP contribution is 2.27. The Kier molecular flexibility index (Phi) is 4.80. The van der Waals surface area contributed by atoms with Crippen molar-refractivity contribution in [3.05, 3.63) is 27.7 Å². The molecule has 0 aliphatic carbocycles. The number of halogens is 2. The van der Waals surface area contributed by atoms with E-state index in [0.29, 0.717) is 10.6 Å². The van der Waals surface area contributed by atoms with Crippen molar-refractivity contribution in [1.82, 2.24) is 4.72 Å². The van der Waals surface area contributed by atoms with Crippen LogP contribution in [0.5, 0.6) is 0 Å². The van der Waals surface area contributed by atoms with Crippen LogP contribution in [0.25, 0.3) is 0 Å². The van der Waals surface area contributed by atoms with Crippen LogP contribution in [0.4, 0.5) is 0 Å². The molecule has 96 valence electrons. The molecular formula is C10H13Cl2NO3S. The molecule has 17 heavy (non-hydrogen) atoms. The van der Waals surface area contributed by atoms with Gasteiger partial charge in [0.2, 0.25) is 10.0 Å². The van der Waals surface area contributed by atoms with E-state index in [0.717, 1.165) is 0 Å². The van der Waals surface area contributed by atoms with Gasteiger partial charge in [0.25, 0.3) is 0 Å². The number of rotatable bonds is 4. The molecule has 4 nitrogen and oxygen atoms in total. The van der Waals surface area contributed by atoms with E-state index in [1.165, 1.54) is 19.1 Å². The number of sulfonamides is 1. The average molecular weight is 298 g/mol. The molecule has 1 unspecified atom stereocenters. The van der Waals surface area contributed by atoms with E-state index in [-0.39, 0.29) is 16.5 Å². The van der Waals surface area contributed by atoms with E-state index in [9.17, 15) is 8.42 Å². The van der Waals surface area contributed by atoms with Crippen molar-refractivity contribution in [2.75, 3.05) is 6.54 Å². The number of benzene rings is 1. The quantitative estimate of drug-likeness (QED) is 0.893. The minimum absolute atomic E-state index is 0.0536. The van der Waals surface area contributed by atoms with Gasteiger partial charge in [0, 0.05) is 6.54 Å². The fourth-order valence-electron chi connectivity index (χ4n) is 1.23. The monoisotopic (exact) mass is 297 g/mol. The molecule has 0 aromatic heterocycles. The first-order valence-corrected chi connectivity index (χ1v) is 7.11. The minimum atomic E-state index is -3.68. The van der Waals surface area contributed by atoms with E-state index >= 15 is 0 Å². The molecule has 1 rings (SSSR count). The van der Waals surface area contributed by atoms with Crippen molar-refractivity contribution in [1.29, 1.82) is 0 Å². The summed E-state index contributed by atoms with van der Waals surface area (Å²) in [6, 6.07) is 2.78. The molecule has 0 bridgehead atoms. The Hall–Kier alpha value is -0.330. The third-order valence-corrected chi connectivity index (χ3v) is 4.36. The van der Waals surface area contributed by atoms with Gasteiger partial charge in [-0.05, 0) is 31.5 Å². The maximum Gasteiger partial charge on any atom is 0.240 e. The van der Waals surface area contributed by atoms with Gasteiger partial charge < -0.3 is 5.11 Å². The van der Waals surface area contributed by atoms with Crippen molar-refractivity contribution >= 4 is 33.2 Å². The highest BCUT2D eigenvalue weighted by Gasteiger charge is 2.18. The average Bonchev–Trinajstić information content (AvgIpc) is 2.20. The molecule has 0 spiro atoms. The first kappa shape index (κ1) is 14.7. The van der Waals surface area contributed by atoms with Gasteiger partial charge >= 0.3 is 0 Å². The summed E-state index contributed by atoms with van der Waals surface area (Å²) >= 11 is 11.6. The second-order valence-corrected chi connectivity index (χ2v) is 6.28. The summed E-state index contributed by atoms with van der Waals surface area (Å²) in [4.78, 5) is 0.0625. The lowest BCUT2D eigenvalue weighted by Gasteiger charge is -2.11. The van der Waals surface area contributed by atoms with E-state index in [1.54, 1.807) is 6.92 Å².